The number of amides is 2. The zero-order chi connectivity index (χ0) is 24.2. The summed E-state index contributed by atoms with van der Waals surface area (Å²) >= 11 is 0. The van der Waals surface area contributed by atoms with Crippen molar-refractivity contribution in [2.45, 2.75) is 6.54 Å². The molecule has 0 bridgehead atoms. The number of furan rings is 1. The third-order valence-electron chi connectivity index (χ3n) is 5.32. The average molecular weight is 467 g/mol. The van der Waals surface area contributed by atoms with Crippen LogP contribution >= 0.6 is 0 Å². The summed E-state index contributed by atoms with van der Waals surface area (Å²) in [5.74, 6) is -0.222. The molecule has 0 saturated carbocycles. The fourth-order valence-corrected chi connectivity index (χ4v) is 3.66. The topological polar surface area (TPSA) is 107 Å². The van der Waals surface area contributed by atoms with Crippen molar-refractivity contribution in [2.24, 2.45) is 7.05 Å². The molecule has 0 atom stereocenters. The lowest BCUT2D eigenvalue weighted by atomic mass is 10.1. The van der Waals surface area contributed by atoms with Gasteiger partial charge in [0.2, 0.25) is 0 Å². The minimum absolute atomic E-state index is 0.101. The van der Waals surface area contributed by atoms with Gasteiger partial charge in [-0.15, -0.1) is 0 Å². The molecule has 9 nitrogen and oxygen atoms in total. The van der Waals surface area contributed by atoms with Gasteiger partial charge in [0.15, 0.2) is 5.69 Å². The molecule has 0 aliphatic heterocycles. The van der Waals surface area contributed by atoms with Crippen molar-refractivity contribution in [2.75, 3.05) is 5.32 Å². The molecule has 5 rings (SSSR count). The first-order valence-corrected chi connectivity index (χ1v) is 10.9. The van der Waals surface area contributed by atoms with Crippen LogP contribution in [0.5, 0.6) is 0 Å². The summed E-state index contributed by atoms with van der Waals surface area (Å²) < 4.78 is 8.39. The maximum absolute atomic E-state index is 13.4. The second kappa shape index (κ2) is 9.52. The van der Waals surface area contributed by atoms with E-state index >= 15 is 0 Å². The van der Waals surface area contributed by atoms with Crippen LogP contribution in [0.1, 0.15) is 26.6 Å². The SMILES string of the molecule is Cn1cc(NC(=O)c2cn(-c3ccccc3)nc2-c2ccccc2)c(C(=O)NCc2ccco2)n1. The van der Waals surface area contributed by atoms with Crippen LogP contribution in [0, 0.1) is 0 Å². The average Bonchev–Trinajstić information content (AvgIpc) is 3.64. The van der Waals surface area contributed by atoms with E-state index in [4.69, 9.17) is 4.42 Å². The Kier molecular flexibility index (Phi) is 5.96. The van der Waals surface area contributed by atoms with Crippen LogP contribution in [0.2, 0.25) is 0 Å². The van der Waals surface area contributed by atoms with Crippen LogP contribution in [0.25, 0.3) is 16.9 Å². The number of para-hydroxylation sites is 1. The number of anilines is 1. The molecule has 2 amide bonds. The Morgan fingerprint density at radius 1 is 0.886 bits per heavy atom. The number of rotatable bonds is 7. The van der Waals surface area contributed by atoms with Crippen molar-refractivity contribution >= 4 is 17.5 Å². The zero-order valence-electron chi connectivity index (χ0n) is 18.9. The summed E-state index contributed by atoms with van der Waals surface area (Å²) in [4.78, 5) is 26.2. The summed E-state index contributed by atoms with van der Waals surface area (Å²) in [6, 6.07) is 22.5. The van der Waals surface area contributed by atoms with Crippen LogP contribution < -0.4 is 10.6 Å². The van der Waals surface area contributed by atoms with Gasteiger partial charge in [0, 0.05) is 25.0 Å². The van der Waals surface area contributed by atoms with Gasteiger partial charge in [0.1, 0.15) is 11.5 Å². The van der Waals surface area contributed by atoms with E-state index in [1.807, 2.05) is 60.7 Å². The molecule has 2 N–H and O–H groups in total. The van der Waals surface area contributed by atoms with E-state index in [1.165, 1.54) is 10.9 Å². The first-order valence-electron chi connectivity index (χ1n) is 10.9. The second-order valence-corrected chi connectivity index (χ2v) is 7.82. The Morgan fingerprint density at radius 2 is 1.63 bits per heavy atom. The Bertz CT molecular complexity index is 1450. The van der Waals surface area contributed by atoms with Gasteiger partial charge in [-0.25, -0.2) is 4.68 Å². The van der Waals surface area contributed by atoms with E-state index in [2.05, 4.69) is 20.8 Å². The number of benzene rings is 2. The van der Waals surface area contributed by atoms with Crippen LogP contribution in [0.15, 0.2) is 95.9 Å². The standard InChI is InChI=1S/C26H22N6O3/c1-31-17-22(24(29-31)26(34)27-15-20-13-8-14-35-20)28-25(33)21-16-32(19-11-6-3-7-12-19)30-23(21)18-9-4-2-5-10-18/h2-14,16-17H,15H2,1H3,(H,27,34)(H,28,33). The van der Waals surface area contributed by atoms with E-state index < -0.39 is 11.8 Å². The Hall–Kier alpha value is -4.92. The van der Waals surface area contributed by atoms with Crippen LogP contribution in [0.3, 0.4) is 0 Å². The summed E-state index contributed by atoms with van der Waals surface area (Å²) in [5.41, 5.74) is 2.91. The van der Waals surface area contributed by atoms with Crippen molar-refractivity contribution < 1.29 is 14.0 Å². The van der Waals surface area contributed by atoms with Gasteiger partial charge >= 0.3 is 0 Å². The zero-order valence-corrected chi connectivity index (χ0v) is 18.9. The Labute approximate surface area is 201 Å². The lowest BCUT2D eigenvalue weighted by molar-refractivity contribution is 0.0943. The molecule has 0 fully saturated rings. The van der Waals surface area contributed by atoms with Crippen molar-refractivity contribution in [3.8, 4) is 16.9 Å². The van der Waals surface area contributed by atoms with E-state index in [-0.39, 0.29) is 12.2 Å². The molecular formula is C26H22N6O3. The molecule has 0 radical (unpaired) electrons. The highest BCUT2D eigenvalue weighted by atomic mass is 16.3. The van der Waals surface area contributed by atoms with Gasteiger partial charge in [-0.3, -0.25) is 14.3 Å². The molecule has 174 valence electrons. The third-order valence-corrected chi connectivity index (χ3v) is 5.32. The molecule has 35 heavy (non-hydrogen) atoms. The highest BCUT2D eigenvalue weighted by Gasteiger charge is 2.23. The van der Waals surface area contributed by atoms with Crippen LogP contribution in [-0.2, 0) is 13.6 Å². The molecular weight excluding hydrogens is 444 g/mol. The van der Waals surface area contributed by atoms with E-state index in [9.17, 15) is 9.59 Å². The summed E-state index contributed by atoms with van der Waals surface area (Å²) in [6.45, 7) is 0.206. The first-order chi connectivity index (χ1) is 17.1. The predicted octanol–water partition coefficient (Wildman–Crippen LogP) is 4.05. The van der Waals surface area contributed by atoms with E-state index in [0.717, 1.165) is 11.3 Å². The fraction of sp³-hybridized carbons (Fsp3) is 0.0769. The van der Waals surface area contributed by atoms with Gasteiger partial charge in [-0.2, -0.15) is 10.2 Å². The summed E-state index contributed by atoms with van der Waals surface area (Å²) in [6.07, 6.45) is 4.80. The smallest absolute Gasteiger partial charge is 0.274 e. The van der Waals surface area contributed by atoms with Crippen LogP contribution in [0.4, 0.5) is 5.69 Å². The molecule has 3 aromatic heterocycles. The number of nitrogens with zero attached hydrogens (tertiary/aromatic N) is 4. The highest BCUT2D eigenvalue weighted by molar-refractivity contribution is 6.10. The lowest BCUT2D eigenvalue weighted by Gasteiger charge is -2.06. The molecule has 0 saturated heterocycles. The van der Waals surface area contributed by atoms with Gasteiger partial charge in [-0.05, 0) is 24.3 Å². The van der Waals surface area contributed by atoms with Crippen molar-refractivity contribution in [1.29, 1.82) is 0 Å². The van der Waals surface area contributed by atoms with Gasteiger partial charge in [0.05, 0.1) is 29.7 Å². The number of aromatic nitrogens is 4. The quantitative estimate of drug-likeness (QED) is 0.376. The molecule has 5 aromatic rings. The molecule has 0 unspecified atom stereocenters. The summed E-state index contributed by atoms with van der Waals surface area (Å²) in [7, 11) is 1.68. The normalized spacial score (nSPS) is 10.8. The number of nitrogens with one attached hydrogen (secondary N) is 2. The number of carbonyl (C=O) groups excluding carboxylic acids is 2. The van der Waals surface area contributed by atoms with E-state index in [0.29, 0.717) is 22.7 Å². The lowest BCUT2D eigenvalue weighted by Crippen LogP contribution is -2.25. The highest BCUT2D eigenvalue weighted by Crippen LogP contribution is 2.25. The number of hydrogen-bond acceptors (Lipinski definition) is 5. The molecule has 3 heterocycles. The maximum Gasteiger partial charge on any atom is 0.274 e. The number of hydrogen-bond donors (Lipinski definition) is 2. The second-order valence-electron chi connectivity index (χ2n) is 7.82. The summed E-state index contributed by atoms with van der Waals surface area (Å²) in [5, 5.41) is 14.5. The third kappa shape index (κ3) is 4.74. The minimum atomic E-state index is -0.430. The largest absolute Gasteiger partial charge is 0.467 e. The fourth-order valence-electron chi connectivity index (χ4n) is 3.66. The molecule has 9 heteroatoms. The molecule has 0 aliphatic rings. The van der Waals surface area contributed by atoms with Crippen LogP contribution in [-0.4, -0.2) is 31.4 Å². The van der Waals surface area contributed by atoms with Gasteiger partial charge < -0.3 is 15.1 Å². The monoisotopic (exact) mass is 466 g/mol. The predicted molar refractivity (Wildman–Crippen MR) is 130 cm³/mol. The number of carbonyl (C=O) groups is 2. The van der Waals surface area contributed by atoms with Crippen molar-refractivity contribution in [1.82, 2.24) is 24.9 Å². The Morgan fingerprint density at radius 3 is 2.34 bits per heavy atom. The molecule has 0 spiro atoms. The van der Waals surface area contributed by atoms with Gasteiger partial charge in [-0.1, -0.05) is 48.5 Å². The Balaban J connectivity index is 1.44. The van der Waals surface area contributed by atoms with E-state index in [1.54, 1.807) is 36.3 Å². The number of aryl methyl sites for hydroxylation is 1. The molecule has 0 aliphatic carbocycles. The molecule has 2 aromatic carbocycles. The maximum atomic E-state index is 13.4. The van der Waals surface area contributed by atoms with Crippen molar-refractivity contribution in [3.05, 3.63) is 108 Å². The first kappa shape index (κ1) is 21.9. The van der Waals surface area contributed by atoms with Crippen molar-refractivity contribution in [3.63, 3.8) is 0 Å². The minimum Gasteiger partial charge on any atom is -0.467 e. The van der Waals surface area contributed by atoms with Gasteiger partial charge in [0.25, 0.3) is 11.8 Å².